The fourth-order valence-corrected chi connectivity index (χ4v) is 3.54. The Bertz CT molecular complexity index is 991. The summed E-state index contributed by atoms with van der Waals surface area (Å²) in [6, 6.07) is 8.62. The fourth-order valence-electron chi connectivity index (χ4n) is 2.48. The van der Waals surface area contributed by atoms with Crippen molar-refractivity contribution in [3.8, 4) is 5.75 Å². The molecule has 10 nitrogen and oxygen atoms in total. The number of sulfonamides is 1. The fraction of sp³-hybridized carbons (Fsp3) is 0.278. The molecule has 1 unspecified atom stereocenters. The average molecular weight is 423 g/mol. The van der Waals surface area contributed by atoms with Crippen molar-refractivity contribution in [1.29, 1.82) is 0 Å². The molecule has 29 heavy (non-hydrogen) atoms. The Balaban J connectivity index is 2.23. The van der Waals surface area contributed by atoms with E-state index in [9.17, 15) is 23.3 Å². The molecule has 11 heteroatoms. The Hall–Kier alpha value is -3.18. The van der Waals surface area contributed by atoms with E-state index in [1.807, 2.05) is 0 Å². The number of hydrogen-bond donors (Lipinski definition) is 2. The SMILES string of the molecule is COCC(C)NC(=O)c1ccc(S(=O)(=O)Nc2cc([N+](=O)[O-])ccc2OC)cc1. The molecule has 0 aliphatic heterocycles. The van der Waals surface area contributed by atoms with E-state index in [2.05, 4.69) is 10.0 Å². The maximum Gasteiger partial charge on any atom is 0.271 e. The van der Waals surface area contributed by atoms with Gasteiger partial charge in [0, 0.05) is 30.8 Å². The number of carbonyl (C=O) groups is 1. The molecule has 0 aromatic heterocycles. The van der Waals surface area contributed by atoms with Gasteiger partial charge in [-0.3, -0.25) is 19.6 Å². The number of nitro groups is 1. The molecule has 0 heterocycles. The smallest absolute Gasteiger partial charge is 0.271 e. The highest BCUT2D eigenvalue weighted by molar-refractivity contribution is 7.92. The van der Waals surface area contributed by atoms with E-state index < -0.39 is 14.9 Å². The summed E-state index contributed by atoms with van der Waals surface area (Å²) in [5.74, 6) is -0.242. The molecule has 0 saturated heterocycles. The van der Waals surface area contributed by atoms with Crippen molar-refractivity contribution in [3.05, 3.63) is 58.1 Å². The summed E-state index contributed by atoms with van der Waals surface area (Å²) in [4.78, 5) is 22.3. The molecule has 0 spiro atoms. The average Bonchev–Trinajstić information content (AvgIpc) is 2.67. The van der Waals surface area contributed by atoms with Crippen LogP contribution in [-0.4, -0.2) is 46.1 Å². The minimum absolute atomic E-state index is 0.0723. The van der Waals surface area contributed by atoms with Crippen LogP contribution in [0.2, 0.25) is 0 Å². The van der Waals surface area contributed by atoms with Gasteiger partial charge in [0.15, 0.2) is 0 Å². The number of non-ortho nitro benzene ring substituents is 1. The first-order valence-corrected chi connectivity index (χ1v) is 9.91. The van der Waals surface area contributed by atoms with Gasteiger partial charge in [0.25, 0.3) is 21.6 Å². The van der Waals surface area contributed by atoms with E-state index in [1.165, 1.54) is 50.6 Å². The first-order valence-electron chi connectivity index (χ1n) is 8.43. The third-order valence-corrected chi connectivity index (χ3v) is 5.24. The summed E-state index contributed by atoms with van der Waals surface area (Å²) >= 11 is 0. The van der Waals surface area contributed by atoms with Crippen LogP contribution < -0.4 is 14.8 Å². The number of nitro benzene ring substituents is 1. The monoisotopic (exact) mass is 423 g/mol. The van der Waals surface area contributed by atoms with Crippen LogP contribution in [0.5, 0.6) is 5.75 Å². The predicted molar refractivity (Wildman–Crippen MR) is 106 cm³/mol. The molecule has 2 rings (SSSR count). The summed E-state index contributed by atoms with van der Waals surface area (Å²) in [5.41, 5.74) is -0.0857. The van der Waals surface area contributed by atoms with E-state index in [1.54, 1.807) is 6.92 Å². The number of nitrogens with zero attached hydrogens (tertiary/aromatic N) is 1. The summed E-state index contributed by atoms with van der Waals surface area (Å²) < 4.78 is 37.6. The van der Waals surface area contributed by atoms with Gasteiger partial charge in [0.05, 0.1) is 29.2 Å². The van der Waals surface area contributed by atoms with Gasteiger partial charge in [-0.2, -0.15) is 0 Å². The number of anilines is 1. The molecule has 0 radical (unpaired) electrons. The largest absolute Gasteiger partial charge is 0.495 e. The van der Waals surface area contributed by atoms with Crippen LogP contribution in [0.15, 0.2) is 47.4 Å². The van der Waals surface area contributed by atoms with E-state index in [-0.39, 0.29) is 39.5 Å². The number of rotatable bonds is 9. The van der Waals surface area contributed by atoms with Crippen molar-refractivity contribution in [2.45, 2.75) is 17.9 Å². The van der Waals surface area contributed by atoms with E-state index in [0.717, 1.165) is 6.07 Å². The minimum atomic E-state index is -4.07. The maximum atomic E-state index is 12.6. The first kappa shape index (κ1) is 22.1. The van der Waals surface area contributed by atoms with E-state index >= 15 is 0 Å². The lowest BCUT2D eigenvalue weighted by Crippen LogP contribution is -2.35. The van der Waals surface area contributed by atoms with Crippen LogP contribution in [-0.2, 0) is 14.8 Å². The molecule has 0 fully saturated rings. The van der Waals surface area contributed by atoms with Gasteiger partial charge in [-0.1, -0.05) is 0 Å². The van der Waals surface area contributed by atoms with Gasteiger partial charge in [-0.25, -0.2) is 8.42 Å². The second-order valence-corrected chi connectivity index (χ2v) is 7.78. The Morgan fingerprint density at radius 3 is 2.38 bits per heavy atom. The molecule has 156 valence electrons. The minimum Gasteiger partial charge on any atom is -0.495 e. The Morgan fingerprint density at radius 2 is 1.83 bits per heavy atom. The first-order chi connectivity index (χ1) is 13.7. The predicted octanol–water partition coefficient (Wildman–Crippen LogP) is 2.17. The lowest BCUT2D eigenvalue weighted by Gasteiger charge is -2.14. The second kappa shape index (κ2) is 9.34. The van der Waals surface area contributed by atoms with Crippen molar-refractivity contribution in [2.24, 2.45) is 0 Å². The summed E-state index contributed by atoms with van der Waals surface area (Å²) in [7, 11) is -1.23. The molecule has 0 aliphatic carbocycles. The van der Waals surface area contributed by atoms with Crippen LogP contribution in [0.25, 0.3) is 0 Å². The third kappa shape index (κ3) is 5.65. The highest BCUT2D eigenvalue weighted by atomic mass is 32.2. The Labute approximate surface area is 168 Å². The van der Waals surface area contributed by atoms with Gasteiger partial charge in [0.1, 0.15) is 5.75 Å². The number of ether oxygens (including phenoxy) is 2. The molecule has 0 bridgehead atoms. The molecule has 0 aliphatic rings. The number of methoxy groups -OCH3 is 2. The zero-order valence-corrected chi connectivity index (χ0v) is 16.9. The third-order valence-electron chi connectivity index (χ3n) is 3.86. The zero-order chi connectivity index (χ0) is 21.6. The number of hydrogen-bond acceptors (Lipinski definition) is 7. The van der Waals surface area contributed by atoms with Crippen molar-refractivity contribution in [1.82, 2.24) is 5.32 Å². The maximum absolute atomic E-state index is 12.6. The summed E-state index contributed by atoms with van der Waals surface area (Å²) in [6.45, 7) is 2.11. The quantitative estimate of drug-likeness (QED) is 0.466. The molecule has 2 aromatic rings. The zero-order valence-electron chi connectivity index (χ0n) is 16.0. The lowest BCUT2D eigenvalue weighted by molar-refractivity contribution is -0.384. The number of carbonyl (C=O) groups excluding carboxylic acids is 1. The van der Waals surface area contributed by atoms with Crippen LogP contribution in [0.4, 0.5) is 11.4 Å². The van der Waals surface area contributed by atoms with Crippen molar-refractivity contribution >= 4 is 27.3 Å². The van der Waals surface area contributed by atoms with Gasteiger partial charge in [-0.05, 0) is 37.3 Å². The standard InChI is InChI=1S/C18H21N3O7S/c1-12(11-27-2)19-18(22)13-4-7-15(8-5-13)29(25,26)20-16-10-14(21(23)24)6-9-17(16)28-3/h4-10,12,20H,11H2,1-3H3,(H,19,22). The van der Waals surface area contributed by atoms with Gasteiger partial charge < -0.3 is 14.8 Å². The van der Waals surface area contributed by atoms with Gasteiger partial charge >= 0.3 is 0 Å². The highest BCUT2D eigenvalue weighted by Gasteiger charge is 2.20. The summed E-state index contributed by atoms with van der Waals surface area (Å²) in [5, 5.41) is 13.7. The van der Waals surface area contributed by atoms with Gasteiger partial charge in [0.2, 0.25) is 0 Å². The molecular formula is C18H21N3O7S. The van der Waals surface area contributed by atoms with Crippen molar-refractivity contribution in [3.63, 3.8) is 0 Å². The van der Waals surface area contributed by atoms with Crippen molar-refractivity contribution in [2.75, 3.05) is 25.5 Å². The van der Waals surface area contributed by atoms with Crippen LogP contribution >= 0.6 is 0 Å². The van der Waals surface area contributed by atoms with Crippen LogP contribution in [0, 0.1) is 10.1 Å². The van der Waals surface area contributed by atoms with Crippen LogP contribution in [0.1, 0.15) is 17.3 Å². The van der Waals surface area contributed by atoms with Crippen molar-refractivity contribution < 1.29 is 27.6 Å². The Morgan fingerprint density at radius 1 is 1.17 bits per heavy atom. The molecule has 2 N–H and O–H groups in total. The summed E-state index contributed by atoms with van der Waals surface area (Å²) in [6.07, 6.45) is 0. The van der Waals surface area contributed by atoms with Crippen LogP contribution in [0.3, 0.4) is 0 Å². The molecule has 1 amide bonds. The van der Waals surface area contributed by atoms with Gasteiger partial charge in [-0.15, -0.1) is 0 Å². The second-order valence-electron chi connectivity index (χ2n) is 6.10. The highest BCUT2D eigenvalue weighted by Crippen LogP contribution is 2.30. The molecule has 2 aromatic carbocycles. The molecular weight excluding hydrogens is 402 g/mol. The number of benzene rings is 2. The Kier molecular flexibility index (Phi) is 7.13. The van der Waals surface area contributed by atoms with E-state index in [4.69, 9.17) is 9.47 Å². The molecule has 0 saturated carbocycles. The topological polar surface area (TPSA) is 137 Å². The number of amides is 1. The molecule has 1 atom stereocenters. The normalized spacial score (nSPS) is 12.1. The number of nitrogens with one attached hydrogen (secondary N) is 2. The lowest BCUT2D eigenvalue weighted by atomic mass is 10.2. The van der Waals surface area contributed by atoms with E-state index in [0.29, 0.717) is 6.61 Å².